The predicted molar refractivity (Wildman–Crippen MR) is 174 cm³/mol. The molecule has 3 heterocycles. The number of non-ortho nitro benzene ring substituents is 1. The number of esters is 1. The number of nitro benzene ring substituents is 1. The van der Waals surface area contributed by atoms with Gasteiger partial charge in [0.1, 0.15) is 0 Å². The molecule has 0 amide bonds. The second kappa shape index (κ2) is 12.9. The topological polar surface area (TPSA) is 127 Å². The fraction of sp³-hybridized carbons (Fsp3) is 0.281. The van der Waals surface area contributed by atoms with Gasteiger partial charge in [-0.2, -0.15) is 0 Å². The molecule has 0 unspecified atom stereocenters. The van der Waals surface area contributed by atoms with Crippen LogP contribution in [0, 0.1) is 24.0 Å². The Labute approximate surface area is 271 Å². The Morgan fingerprint density at radius 3 is 2.44 bits per heavy atom. The van der Waals surface area contributed by atoms with Crippen LogP contribution in [0.1, 0.15) is 49.3 Å². The van der Waals surface area contributed by atoms with Crippen molar-refractivity contribution in [2.45, 2.75) is 40.7 Å². The molecule has 0 bridgehead atoms. The minimum Gasteiger partial charge on any atom is -0.493 e. The third kappa shape index (κ3) is 5.85. The van der Waals surface area contributed by atoms with Gasteiger partial charge in [-0.15, -0.1) is 0 Å². The number of rotatable bonds is 9. The number of hydrogen-bond donors (Lipinski definition) is 0. The summed E-state index contributed by atoms with van der Waals surface area (Å²) in [6, 6.07) is 10.9. The second-order valence-electron chi connectivity index (χ2n) is 10.2. The maximum Gasteiger partial charge on any atom is 0.338 e. The van der Waals surface area contributed by atoms with Crippen molar-refractivity contribution in [2.24, 2.45) is 4.99 Å². The van der Waals surface area contributed by atoms with Gasteiger partial charge >= 0.3 is 5.97 Å². The standard InChI is InChI=1S/C32H31BrN4O7S/c1-7-43-26-16-24(33)23(15-25(26)42-6)29-28(31(39)44-8-2)18(4)34-32-36(29)30(38)27(45-32)14-20-13-17(3)35(19(20)5)21-9-11-22(12-10-21)37(40)41/h9-16,29H,7-8H2,1-6H3/b27-14+/t29-/m1/s1. The first-order valence-electron chi connectivity index (χ1n) is 14.1. The molecule has 11 nitrogen and oxygen atoms in total. The molecular formula is C32H31BrN4O7S. The van der Waals surface area contributed by atoms with E-state index >= 15 is 0 Å². The fourth-order valence-corrected chi connectivity index (χ4v) is 7.05. The lowest BCUT2D eigenvalue weighted by Crippen LogP contribution is -2.40. The third-order valence-corrected chi connectivity index (χ3v) is 9.14. The van der Waals surface area contributed by atoms with Crippen molar-refractivity contribution in [3.05, 3.63) is 111 Å². The number of nitrogens with zero attached hydrogens (tertiary/aromatic N) is 4. The van der Waals surface area contributed by atoms with Crippen LogP contribution >= 0.6 is 27.3 Å². The first-order chi connectivity index (χ1) is 21.5. The minimum atomic E-state index is -0.853. The molecular weight excluding hydrogens is 664 g/mol. The van der Waals surface area contributed by atoms with Gasteiger partial charge in [-0.25, -0.2) is 9.79 Å². The monoisotopic (exact) mass is 694 g/mol. The van der Waals surface area contributed by atoms with E-state index in [-0.39, 0.29) is 23.4 Å². The number of carbonyl (C=O) groups excluding carboxylic acids is 1. The van der Waals surface area contributed by atoms with Crippen LogP contribution in [0.15, 0.2) is 68.0 Å². The van der Waals surface area contributed by atoms with Crippen LogP contribution in [0.3, 0.4) is 0 Å². The molecule has 0 aliphatic carbocycles. The fourth-order valence-electron chi connectivity index (χ4n) is 5.47. The van der Waals surface area contributed by atoms with Crippen LogP contribution in [0.5, 0.6) is 11.5 Å². The van der Waals surface area contributed by atoms with E-state index in [1.807, 2.05) is 37.5 Å². The molecule has 5 rings (SSSR count). The third-order valence-electron chi connectivity index (χ3n) is 7.47. The molecule has 45 heavy (non-hydrogen) atoms. The molecule has 13 heteroatoms. The first-order valence-corrected chi connectivity index (χ1v) is 15.7. The molecule has 0 spiro atoms. The number of carbonyl (C=O) groups is 1. The largest absolute Gasteiger partial charge is 0.493 e. The highest BCUT2D eigenvalue weighted by Crippen LogP contribution is 2.41. The van der Waals surface area contributed by atoms with Crippen molar-refractivity contribution in [1.82, 2.24) is 9.13 Å². The molecule has 234 valence electrons. The van der Waals surface area contributed by atoms with Crippen LogP contribution in [0.25, 0.3) is 11.8 Å². The van der Waals surface area contributed by atoms with E-state index < -0.39 is 16.9 Å². The van der Waals surface area contributed by atoms with Crippen molar-refractivity contribution in [3.63, 3.8) is 0 Å². The van der Waals surface area contributed by atoms with Gasteiger partial charge in [0, 0.05) is 33.7 Å². The summed E-state index contributed by atoms with van der Waals surface area (Å²) in [6.07, 6.45) is 1.81. The van der Waals surface area contributed by atoms with Crippen LogP contribution < -0.4 is 24.4 Å². The summed E-state index contributed by atoms with van der Waals surface area (Å²) in [5.74, 6) is 0.406. The van der Waals surface area contributed by atoms with E-state index in [2.05, 4.69) is 20.9 Å². The summed E-state index contributed by atoms with van der Waals surface area (Å²) in [7, 11) is 1.53. The molecule has 0 saturated carbocycles. The van der Waals surface area contributed by atoms with Crippen molar-refractivity contribution >= 4 is 45.0 Å². The van der Waals surface area contributed by atoms with E-state index in [0.29, 0.717) is 43.2 Å². The number of thiazole rings is 1. The summed E-state index contributed by atoms with van der Waals surface area (Å²) in [5, 5.41) is 11.1. The van der Waals surface area contributed by atoms with Crippen molar-refractivity contribution in [1.29, 1.82) is 0 Å². The number of aryl methyl sites for hydroxylation is 1. The number of halogens is 1. The van der Waals surface area contributed by atoms with E-state index in [4.69, 9.17) is 14.2 Å². The molecule has 1 aliphatic heterocycles. The maximum absolute atomic E-state index is 14.2. The molecule has 0 N–H and O–H groups in total. The lowest BCUT2D eigenvalue weighted by Gasteiger charge is -2.26. The molecule has 4 aromatic rings. The van der Waals surface area contributed by atoms with Gasteiger partial charge in [-0.05, 0) is 82.2 Å². The number of methoxy groups -OCH3 is 1. The van der Waals surface area contributed by atoms with Crippen LogP contribution in [-0.4, -0.2) is 40.4 Å². The second-order valence-corrected chi connectivity index (χ2v) is 12.1. The molecule has 2 aromatic heterocycles. The Morgan fingerprint density at radius 2 is 1.82 bits per heavy atom. The SMILES string of the molecule is CCOC(=O)C1=C(C)N=c2s/c(=C/c3cc(C)n(-c4ccc([N+](=O)[O-])cc4)c3C)c(=O)n2[C@@H]1c1cc(OC)c(OCC)cc1Br. The van der Waals surface area contributed by atoms with E-state index in [9.17, 15) is 19.7 Å². The normalized spacial score (nSPS) is 14.6. The predicted octanol–water partition coefficient (Wildman–Crippen LogP) is 5.28. The van der Waals surface area contributed by atoms with Crippen molar-refractivity contribution < 1.29 is 23.9 Å². The number of aromatic nitrogens is 2. The number of ether oxygens (including phenoxy) is 3. The van der Waals surface area contributed by atoms with E-state index in [1.165, 1.54) is 35.1 Å². The van der Waals surface area contributed by atoms with Gasteiger partial charge in [0.15, 0.2) is 16.3 Å². The van der Waals surface area contributed by atoms with Gasteiger partial charge < -0.3 is 18.8 Å². The molecule has 1 atom stereocenters. The average Bonchev–Trinajstić information content (AvgIpc) is 3.46. The summed E-state index contributed by atoms with van der Waals surface area (Å²) in [5.41, 5.74) is 4.30. The number of fused-ring (bicyclic) bond motifs is 1. The zero-order valence-corrected chi connectivity index (χ0v) is 27.9. The van der Waals surface area contributed by atoms with E-state index in [1.54, 1.807) is 38.1 Å². The Bertz CT molecular complexity index is 2040. The quantitative estimate of drug-likeness (QED) is 0.132. The zero-order chi connectivity index (χ0) is 32.6. The first kappa shape index (κ1) is 31.9. The highest BCUT2D eigenvalue weighted by atomic mass is 79.9. The summed E-state index contributed by atoms with van der Waals surface area (Å²) < 4.78 is 21.3. The Morgan fingerprint density at radius 1 is 1.11 bits per heavy atom. The van der Waals surface area contributed by atoms with Crippen molar-refractivity contribution in [3.8, 4) is 17.2 Å². The molecule has 0 fully saturated rings. The lowest BCUT2D eigenvalue weighted by atomic mass is 9.95. The molecule has 0 radical (unpaired) electrons. The lowest BCUT2D eigenvalue weighted by molar-refractivity contribution is -0.384. The summed E-state index contributed by atoms with van der Waals surface area (Å²) in [4.78, 5) is 43.4. The Hall–Kier alpha value is -4.49. The van der Waals surface area contributed by atoms with Gasteiger partial charge in [-0.1, -0.05) is 27.3 Å². The highest BCUT2D eigenvalue weighted by molar-refractivity contribution is 9.10. The van der Waals surface area contributed by atoms with Crippen LogP contribution in [0.2, 0.25) is 0 Å². The Balaban J connectivity index is 1.70. The summed E-state index contributed by atoms with van der Waals surface area (Å²) in [6.45, 7) is 9.76. The van der Waals surface area contributed by atoms with E-state index in [0.717, 1.165) is 22.6 Å². The zero-order valence-electron chi connectivity index (χ0n) is 25.5. The minimum absolute atomic E-state index is 0.00590. The van der Waals surface area contributed by atoms with Gasteiger partial charge in [-0.3, -0.25) is 19.5 Å². The summed E-state index contributed by atoms with van der Waals surface area (Å²) >= 11 is 4.87. The van der Waals surface area contributed by atoms with Gasteiger partial charge in [0.2, 0.25) is 0 Å². The van der Waals surface area contributed by atoms with Gasteiger partial charge in [0.05, 0.1) is 47.1 Å². The number of allylic oxidation sites excluding steroid dienone is 1. The highest BCUT2D eigenvalue weighted by Gasteiger charge is 2.35. The van der Waals surface area contributed by atoms with Crippen LogP contribution in [-0.2, 0) is 9.53 Å². The number of benzene rings is 2. The van der Waals surface area contributed by atoms with Gasteiger partial charge in [0.25, 0.3) is 11.2 Å². The number of hydrogen-bond acceptors (Lipinski definition) is 9. The number of nitro groups is 1. The van der Waals surface area contributed by atoms with Crippen LogP contribution in [0.4, 0.5) is 5.69 Å². The average molecular weight is 696 g/mol. The Kier molecular flexibility index (Phi) is 9.12. The van der Waals surface area contributed by atoms with Crippen molar-refractivity contribution in [2.75, 3.05) is 20.3 Å². The molecule has 1 aliphatic rings. The molecule has 2 aromatic carbocycles. The maximum atomic E-state index is 14.2. The molecule has 0 saturated heterocycles. The smallest absolute Gasteiger partial charge is 0.338 e.